The summed E-state index contributed by atoms with van der Waals surface area (Å²) < 4.78 is 0. The Labute approximate surface area is 279 Å². The Morgan fingerprint density at radius 2 is 1.21 bits per heavy atom. The van der Waals surface area contributed by atoms with Crippen LogP contribution < -0.4 is 5.30 Å². The normalized spacial score (nSPS) is 12.4. The molecule has 0 aliphatic carbocycles. The van der Waals surface area contributed by atoms with E-state index in [4.69, 9.17) is 10.3 Å². The molecule has 1 atom stereocenters. The second kappa shape index (κ2) is 16.6. The summed E-state index contributed by atoms with van der Waals surface area (Å²) in [6, 6.07) is 26.0. The van der Waals surface area contributed by atoms with E-state index in [-0.39, 0.29) is 44.1 Å². The molecule has 234 valence electrons. The maximum atomic E-state index is 7.32. The van der Waals surface area contributed by atoms with Gasteiger partial charge < -0.3 is 7.43 Å². The van der Waals surface area contributed by atoms with E-state index < -0.39 is 0 Å². The van der Waals surface area contributed by atoms with Gasteiger partial charge in [0.25, 0.3) is 0 Å². The van der Waals surface area contributed by atoms with Crippen LogP contribution in [-0.4, -0.2) is 11.0 Å². The van der Waals surface area contributed by atoms with E-state index in [0.29, 0.717) is 14.1 Å². The minimum absolute atomic E-state index is 0. The molecule has 0 N–H and O–H groups in total. The standard InChI is InChI=1S/C36H48NP.C2H3N.CH3.Pd/c1-24(2)28-20-16-17-21-31(28)37-32(26-18-14-13-15-19-26)25(3)38-33-29(35(7,8)9)22-27(34(4,5)6)23-30(33)36(10,11)12;1-2-3;;/h13-24H,1-12H3;1H3;1H3;/q;;-1;+2/p+1. The van der Waals surface area contributed by atoms with Gasteiger partial charge in [0.1, 0.15) is 19.2 Å². The molecule has 0 saturated carbocycles. The van der Waals surface area contributed by atoms with Gasteiger partial charge in [-0.2, -0.15) is 5.26 Å². The van der Waals surface area contributed by atoms with E-state index in [1.54, 1.807) is 6.07 Å². The van der Waals surface area contributed by atoms with Gasteiger partial charge in [0.15, 0.2) is 5.30 Å². The zero-order valence-electron chi connectivity index (χ0n) is 29.1. The molecule has 0 aromatic heterocycles. The van der Waals surface area contributed by atoms with Crippen molar-refractivity contribution in [2.24, 2.45) is 4.99 Å². The Morgan fingerprint density at radius 1 is 0.767 bits per heavy atom. The van der Waals surface area contributed by atoms with Crippen molar-refractivity contribution in [2.45, 2.75) is 112 Å². The van der Waals surface area contributed by atoms with Crippen molar-refractivity contribution in [1.82, 2.24) is 0 Å². The van der Waals surface area contributed by atoms with Crippen LogP contribution in [-0.2, 0) is 36.7 Å². The van der Waals surface area contributed by atoms with Crippen molar-refractivity contribution in [2.75, 3.05) is 0 Å². The second-order valence-corrected chi connectivity index (χ2v) is 15.7. The van der Waals surface area contributed by atoms with Crippen LogP contribution in [0.3, 0.4) is 0 Å². The van der Waals surface area contributed by atoms with E-state index >= 15 is 0 Å². The summed E-state index contributed by atoms with van der Waals surface area (Å²) in [5, 5.41) is 10.1. The average molecular weight is 689 g/mol. The Hall–Kier alpha value is -2.35. The molecule has 0 heterocycles. The molecular formula is C39H55N2PPd+2. The van der Waals surface area contributed by atoms with E-state index in [2.05, 4.69) is 150 Å². The Balaban J connectivity index is 0.00000338. The molecule has 1 unspecified atom stereocenters. The minimum atomic E-state index is 0. The number of benzene rings is 3. The molecule has 4 heteroatoms. The van der Waals surface area contributed by atoms with Crippen LogP contribution in [0.1, 0.15) is 124 Å². The summed E-state index contributed by atoms with van der Waals surface area (Å²) in [4.78, 5) is 5.37. The quantitative estimate of drug-likeness (QED) is 0.114. The van der Waals surface area contributed by atoms with Gasteiger partial charge in [-0.05, 0) is 39.4 Å². The fraction of sp³-hybridized carbons (Fsp3) is 0.436. The summed E-state index contributed by atoms with van der Waals surface area (Å²) in [6.45, 7) is 29.3. The molecule has 0 aliphatic rings. The molecular weight excluding hydrogens is 634 g/mol. The molecule has 3 aromatic carbocycles. The Morgan fingerprint density at radius 3 is 1.63 bits per heavy atom. The maximum absolute atomic E-state index is 7.32. The van der Waals surface area contributed by atoms with E-state index in [9.17, 15) is 0 Å². The number of nitrogens with zero attached hydrogens (tertiary/aromatic N) is 2. The molecule has 0 saturated heterocycles. The van der Waals surface area contributed by atoms with Crippen molar-refractivity contribution in [3.8, 4) is 6.07 Å². The van der Waals surface area contributed by atoms with Crippen LogP contribution in [0.4, 0.5) is 5.69 Å². The predicted octanol–water partition coefficient (Wildman–Crippen LogP) is 11.0. The van der Waals surface area contributed by atoms with Crippen LogP contribution in [0.5, 0.6) is 0 Å². The zero-order valence-corrected chi connectivity index (χ0v) is 31.7. The number of aliphatic imine (C=N–C) groups is 1. The van der Waals surface area contributed by atoms with Crippen LogP contribution in [0.2, 0.25) is 0 Å². The van der Waals surface area contributed by atoms with Gasteiger partial charge in [-0.1, -0.05) is 137 Å². The third-order valence-corrected chi connectivity index (χ3v) is 8.53. The largest absolute Gasteiger partial charge is 2.00 e. The van der Waals surface area contributed by atoms with Gasteiger partial charge in [0.05, 0.1) is 11.8 Å². The summed E-state index contributed by atoms with van der Waals surface area (Å²) in [6.07, 6.45) is 0. The number of hydrogen-bond donors (Lipinski definition) is 0. The second-order valence-electron chi connectivity index (χ2n) is 14.2. The fourth-order valence-electron chi connectivity index (χ4n) is 4.80. The summed E-state index contributed by atoms with van der Waals surface area (Å²) in [5.74, 6) is 0.416. The first-order valence-corrected chi connectivity index (χ1v) is 15.8. The van der Waals surface area contributed by atoms with Gasteiger partial charge >= 0.3 is 20.4 Å². The minimum Gasteiger partial charge on any atom is -0.358 e. The van der Waals surface area contributed by atoms with Gasteiger partial charge in [0.2, 0.25) is 0 Å². The maximum Gasteiger partial charge on any atom is 2.00 e. The van der Waals surface area contributed by atoms with Crippen molar-refractivity contribution in [3.63, 3.8) is 0 Å². The average Bonchev–Trinajstić information content (AvgIpc) is 2.86. The Bertz CT molecular complexity index is 1390. The van der Waals surface area contributed by atoms with Gasteiger partial charge in [-0.3, -0.25) is 0 Å². The third-order valence-electron chi connectivity index (χ3n) is 7.13. The summed E-state index contributed by atoms with van der Waals surface area (Å²) >= 11 is 0. The molecule has 43 heavy (non-hydrogen) atoms. The van der Waals surface area contributed by atoms with Crippen LogP contribution >= 0.6 is 8.20 Å². The van der Waals surface area contributed by atoms with Crippen molar-refractivity contribution in [3.05, 3.63) is 102 Å². The number of para-hydroxylation sites is 1. The zero-order chi connectivity index (χ0) is 31.2. The molecule has 0 aliphatic heterocycles. The van der Waals surface area contributed by atoms with Crippen LogP contribution in [0, 0.1) is 18.8 Å². The van der Waals surface area contributed by atoms with E-state index in [1.807, 2.05) is 0 Å². The fourth-order valence-corrected chi connectivity index (χ4v) is 6.66. The van der Waals surface area contributed by atoms with Gasteiger partial charge in [-0.25, -0.2) is 4.99 Å². The molecule has 0 bridgehead atoms. The number of nitriles is 1. The van der Waals surface area contributed by atoms with Crippen molar-refractivity contribution in [1.29, 1.82) is 5.26 Å². The molecule has 3 rings (SSSR count). The molecule has 2 nitrogen and oxygen atoms in total. The summed E-state index contributed by atoms with van der Waals surface area (Å²) in [5.41, 5.74) is 9.15. The number of hydrogen-bond acceptors (Lipinski definition) is 2. The van der Waals surface area contributed by atoms with E-state index in [1.165, 1.54) is 45.3 Å². The van der Waals surface area contributed by atoms with Crippen LogP contribution in [0.25, 0.3) is 0 Å². The summed E-state index contributed by atoms with van der Waals surface area (Å²) in [7, 11) is 0.538. The first-order chi connectivity index (χ1) is 18.9. The molecule has 0 fully saturated rings. The molecule has 0 amide bonds. The monoisotopic (exact) mass is 688 g/mol. The smallest absolute Gasteiger partial charge is 0.358 e. The predicted molar refractivity (Wildman–Crippen MR) is 192 cm³/mol. The van der Waals surface area contributed by atoms with Gasteiger partial charge in [0, 0.05) is 30.5 Å². The Kier molecular flexibility index (Phi) is 15.7. The number of rotatable bonds is 5. The third kappa shape index (κ3) is 11.3. The molecule has 0 radical (unpaired) electrons. The molecule has 3 aromatic rings. The van der Waals surface area contributed by atoms with E-state index in [0.717, 1.165) is 11.4 Å². The topological polar surface area (TPSA) is 36.1 Å². The van der Waals surface area contributed by atoms with Crippen molar-refractivity contribution >= 4 is 30.2 Å². The van der Waals surface area contributed by atoms with Gasteiger partial charge in [-0.15, -0.1) is 0 Å². The molecule has 0 spiro atoms. The first-order valence-electron chi connectivity index (χ1n) is 14.8. The van der Waals surface area contributed by atoms with Crippen molar-refractivity contribution < 1.29 is 20.4 Å². The van der Waals surface area contributed by atoms with Crippen LogP contribution in [0.15, 0.2) is 71.7 Å². The first kappa shape index (κ1) is 40.7. The SMILES string of the molecule is C/C(=[PH+]\c1c(C(C)(C)C)cc(C(C)(C)C)cc1C(C)(C)C)C(=Nc1ccccc1C(C)C)c1ccccc1.CC#N.[CH3-].[Pd+2].